The van der Waals surface area contributed by atoms with Crippen LogP contribution in [-0.2, 0) is 11.3 Å². The van der Waals surface area contributed by atoms with Gasteiger partial charge in [0.1, 0.15) is 0 Å². The van der Waals surface area contributed by atoms with E-state index in [1.165, 1.54) is 0 Å². The molecule has 1 aromatic rings. The van der Waals surface area contributed by atoms with Crippen LogP contribution < -0.4 is 10.1 Å². The van der Waals surface area contributed by atoms with Crippen molar-refractivity contribution in [1.82, 2.24) is 5.32 Å². The molecule has 0 bridgehead atoms. The van der Waals surface area contributed by atoms with Crippen LogP contribution in [0.1, 0.15) is 12.5 Å². The van der Waals surface area contributed by atoms with E-state index in [4.69, 9.17) is 4.74 Å². The van der Waals surface area contributed by atoms with Crippen LogP contribution in [0.25, 0.3) is 0 Å². The molecule has 0 aliphatic heterocycles. The number of carbonyl (C=O) groups is 1. The van der Waals surface area contributed by atoms with Crippen LogP contribution in [0.15, 0.2) is 18.2 Å². The normalized spacial score (nSPS) is 9.50. The van der Waals surface area contributed by atoms with E-state index in [1.54, 1.807) is 18.2 Å². The van der Waals surface area contributed by atoms with Crippen molar-refractivity contribution in [2.75, 3.05) is 6.61 Å². The molecular weight excluding hydrogens is 182 g/mol. The Kier molecular flexibility index (Phi) is 3.79. The van der Waals surface area contributed by atoms with Gasteiger partial charge in [-0.05, 0) is 24.6 Å². The van der Waals surface area contributed by atoms with E-state index < -0.39 is 0 Å². The molecule has 0 radical (unpaired) electrons. The number of amides is 1. The van der Waals surface area contributed by atoms with Crippen molar-refractivity contribution in [3.63, 3.8) is 0 Å². The van der Waals surface area contributed by atoms with Gasteiger partial charge in [0.25, 0.3) is 0 Å². The van der Waals surface area contributed by atoms with E-state index in [0.717, 1.165) is 5.56 Å². The summed E-state index contributed by atoms with van der Waals surface area (Å²) in [5.41, 5.74) is 0.887. The molecule has 0 saturated heterocycles. The summed E-state index contributed by atoms with van der Waals surface area (Å²) in [5, 5.41) is 11.9. The van der Waals surface area contributed by atoms with Crippen LogP contribution >= 0.6 is 0 Å². The highest BCUT2D eigenvalue weighted by Gasteiger charge is 2.02. The van der Waals surface area contributed by atoms with E-state index in [2.05, 4.69) is 5.32 Å². The molecule has 14 heavy (non-hydrogen) atoms. The van der Waals surface area contributed by atoms with Gasteiger partial charge in [-0.15, -0.1) is 0 Å². The van der Waals surface area contributed by atoms with Gasteiger partial charge in [-0.25, -0.2) is 0 Å². The van der Waals surface area contributed by atoms with Gasteiger partial charge < -0.3 is 15.2 Å². The van der Waals surface area contributed by atoms with Crippen molar-refractivity contribution in [1.29, 1.82) is 0 Å². The topological polar surface area (TPSA) is 58.6 Å². The summed E-state index contributed by atoms with van der Waals surface area (Å²) in [7, 11) is 0. The molecule has 76 valence electrons. The van der Waals surface area contributed by atoms with Gasteiger partial charge in [-0.3, -0.25) is 4.79 Å². The molecule has 0 heterocycles. The number of phenols is 1. The summed E-state index contributed by atoms with van der Waals surface area (Å²) < 4.78 is 5.19. The first-order valence-corrected chi connectivity index (χ1v) is 4.39. The minimum atomic E-state index is 0.113. The number of hydrogen-bond donors (Lipinski definition) is 2. The number of phenolic OH excluding ortho intramolecular Hbond substituents is 1. The number of carbonyl (C=O) groups excluding carboxylic acids is 1. The van der Waals surface area contributed by atoms with Crippen LogP contribution in [0, 0.1) is 0 Å². The average Bonchev–Trinajstić information content (AvgIpc) is 2.19. The van der Waals surface area contributed by atoms with Crippen molar-refractivity contribution in [3.8, 4) is 11.5 Å². The molecule has 0 aliphatic carbocycles. The van der Waals surface area contributed by atoms with Crippen LogP contribution in [-0.4, -0.2) is 18.1 Å². The molecule has 1 aromatic carbocycles. The van der Waals surface area contributed by atoms with Crippen molar-refractivity contribution in [3.05, 3.63) is 23.8 Å². The van der Waals surface area contributed by atoms with E-state index in [1.807, 2.05) is 6.92 Å². The lowest BCUT2D eigenvalue weighted by molar-refractivity contribution is -0.109. The van der Waals surface area contributed by atoms with Crippen molar-refractivity contribution in [2.24, 2.45) is 0 Å². The zero-order valence-corrected chi connectivity index (χ0v) is 7.99. The van der Waals surface area contributed by atoms with Gasteiger partial charge >= 0.3 is 0 Å². The largest absolute Gasteiger partial charge is 0.504 e. The Morgan fingerprint density at radius 1 is 1.57 bits per heavy atom. The summed E-state index contributed by atoms with van der Waals surface area (Å²) in [5.74, 6) is 0.555. The van der Waals surface area contributed by atoms with Crippen molar-refractivity contribution in [2.45, 2.75) is 13.5 Å². The fourth-order valence-corrected chi connectivity index (χ4v) is 1.10. The molecule has 4 heteroatoms. The Hall–Kier alpha value is -1.71. The minimum absolute atomic E-state index is 0.113. The Balaban J connectivity index is 2.77. The number of benzene rings is 1. The standard InChI is InChI=1S/C10H13NO3/c1-2-14-10-5-8(6-11-7-12)3-4-9(10)13/h3-5,7,13H,2,6H2,1H3,(H,11,12). The molecule has 2 N–H and O–H groups in total. The Labute approximate surface area is 82.5 Å². The lowest BCUT2D eigenvalue weighted by Gasteiger charge is -2.07. The molecule has 0 unspecified atom stereocenters. The molecule has 1 amide bonds. The maximum atomic E-state index is 10.1. The molecule has 0 fully saturated rings. The summed E-state index contributed by atoms with van der Waals surface area (Å²) in [6.07, 6.45) is 0.632. The van der Waals surface area contributed by atoms with Crippen LogP contribution in [0.2, 0.25) is 0 Å². The first-order chi connectivity index (χ1) is 6.77. The lowest BCUT2D eigenvalue weighted by Crippen LogP contribution is -2.09. The molecule has 0 spiro atoms. The fraction of sp³-hybridized carbons (Fsp3) is 0.300. The minimum Gasteiger partial charge on any atom is -0.504 e. The third-order valence-corrected chi connectivity index (χ3v) is 1.71. The Bertz CT molecular complexity index is 312. The maximum absolute atomic E-state index is 10.1. The fourth-order valence-electron chi connectivity index (χ4n) is 1.10. The van der Waals surface area contributed by atoms with Gasteiger partial charge in [0.2, 0.25) is 6.41 Å². The number of ether oxygens (including phenoxy) is 1. The first kappa shape index (κ1) is 10.4. The summed E-state index contributed by atoms with van der Waals surface area (Å²) >= 11 is 0. The molecule has 0 atom stereocenters. The molecule has 0 aliphatic rings. The highest BCUT2D eigenvalue weighted by Crippen LogP contribution is 2.26. The summed E-state index contributed by atoms with van der Waals surface area (Å²) in [6, 6.07) is 4.98. The quantitative estimate of drug-likeness (QED) is 0.690. The number of aromatic hydroxyl groups is 1. The predicted octanol–water partition coefficient (Wildman–Crippen LogP) is 1.04. The second-order valence-corrected chi connectivity index (χ2v) is 2.73. The summed E-state index contributed by atoms with van der Waals surface area (Å²) in [4.78, 5) is 10.1. The van der Waals surface area contributed by atoms with Gasteiger partial charge in [0.05, 0.1) is 6.61 Å². The Morgan fingerprint density at radius 2 is 2.36 bits per heavy atom. The van der Waals surface area contributed by atoms with Gasteiger partial charge in [0, 0.05) is 6.54 Å². The Morgan fingerprint density at radius 3 is 3.00 bits per heavy atom. The monoisotopic (exact) mass is 195 g/mol. The van der Waals surface area contributed by atoms with Gasteiger partial charge in [-0.2, -0.15) is 0 Å². The number of rotatable bonds is 5. The summed E-state index contributed by atoms with van der Waals surface area (Å²) in [6.45, 7) is 2.78. The highest BCUT2D eigenvalue weighted by molar-refractivity contribution is 5.47. The van der Waals surface area contributed by atoms with Gasteiger partial charge in [-0.1, -0.05) is 6.07 Å². The van der Waals surface area contributed by atoms with Crippen LogP contribution in [0.5, 0.6) is 11.5 Å². The smallest absolute Gasteiger partial charge is 0.207 e. The van der Waals surface area contributed by atoms with E-state index in [9.17, 15) is 9.90 Å². The second kappa shape index (κ2) is 5.11. The SMILES string of the molecule is CCOc1cc(CNC=O)ccc1O. The molecule has 1 rings (SSSR count). The van der Waals surface area contributed by atoms with Crippen LogP contribution in [0.3, 0.4) is 0 Å². The first-order valence-electron chi connectivity index (χ1n) is 4.39. The molecule has 0 aromatic heterocycles. The molecule has 4 nitrogen and oxygen atoms in total. The zero-order valence-electron chi connectivity index (χ0n) is 7.99. The average molecular weight is 195 g/mol. The molecular formula is C10H13NO3. The highest BCUT2D eigenvalue weighted by atomic mass is 16.5. The van der Waals surface area contributed by atoms with E-state index >= 15 is 0 Å². The number of hydrogen-bond acceptors (Lipinski definition) is 3. The van der Waals surface area contributed by atoms with E-state index in [-0.39, 0.29) is 5.75 Å². The zero-order chi connectivity index (χ0) is 10.4. The second-order valence-electron chi connectivity index (χ2n) is 2.73. The predicted molar refractivity (Wildman–Crippen MR) is 52.2 cm³/mol. The van der Waals surface area contributed by atoms with E-state index in [0.29, 0.717) is 25.3 Å². The van der Waals surface area contributed by atoms with Crippen LogP contribution in [0.4, 0.5) is 0 Å². The molecule has 0 saturated carbocycles. The maximum Gasteiger partial charge on any atom is 0.207 e. The lowest BCUT2D eigenvalue weighted by atomic mass is 10.2. The van der Waals surface area contributed by atoms with Crippen molar-refractivity contribution < 1.29 is 14.6 Å². The number of nitrogens with one attached hydrogen (secondary N) is 1. The third-order valence-electron chi connectivity index (χ3n) is 1.71. The third kappa shape index (κ3) is 2.65. The van der Waals surface area contributed by atoms with Gasteiger partial charge in [0.15, 0.2) is 11.5 Å². The van der Waals surface area contributed by atoms with Crippen molar-refractivity contribution >= 4 is 6.41 Å².